The van der Waals surface area contributed by atoms with Crippen molar-refractivity contribution in [3.05, 3.63) is 68.7 Å². The number of hydrogen-bond acceptors (Lipinski definition) is 5. The van der Waals surface area contributed by atoms with E-state index in [-0.39, 0.29) is 11.3 Å². The highest BCUT2D eigenvalue weighted by atomic mass is 16.6. The van der Waals surface area contributed by atoms with Crippen LogP contribution in [0.25, 0.3) is 6.08 Å². The first-order valence-electron chi connectivity index (χ1n) is 6.95. The first kappa shape index (κ1) is 16.2. The van der Waals surface area contributed by atoms with Gasteiger partial charge in [-0.25, -0.2) is 0 Å². The van der Waals surface area contributed by atoms with E-state index in [1.165, 1.54) is 24.5 Å². The number of carbonyl (C=O) groups is 1. The third-order valence-corrected chi connectivity index (χ3v) is 3.47. The van der Waals surface area contributed by atoms with Crippen LogP contribution in [0.5, 0.6) is 0 Å². The predicted molar refractivity (Wildman–Crippen MR) is 83.8 cm³/mol. The van der Waals surface area contributed by atoms with Gasteiger partial charge in [-0.15, -0.1) is 0 Å². The van der Waals surface area contributed by atoms with Crippen LogP contribution in [0.1, 0.15) is 34.2 Å². The van der Waals surface area contributed by atoms with Crippen LogP contribution >= 0.6 is 0 Å². The Morgan fingerprint density at radius 1 is 1.43 bits per heavy atom. The second kappa shape index (κ2) is 6.71. The molecule has 0 spiro atoms. The number of nitriles is 1. The summed E-state index contributed by atoms with van der Waals surface area (Å²) < 4.78 is 5.06. The maximum atomic E-state index is 12.3. The molecule has 1 aromatic heterocycles. The van der Waals surface area contributed by atoms with Crippen molar-refractivity contribution >= 4 is 17.5 Å². The molecule has 1 aromatic carbocycles. The highest BCUT2D eigenvalue weighted by Crippen LogP contribution is 2.23. The average molecular weight is 310 g/mol. The molecule has 6 heteroatoms. The van der Waals surface area contributed by atoms with E-state index in [0.717, 1.165) is 0 Å². The van der Waals surface area contributed by atoms with Crippen LogP contribution in [0, 0.1) is 28.4 Å². The molecule has 0 bridgehead atoms. The number of rotatable bonds is 5. The number of aryl methyl sites for hydroxylation is 2. The lowest BCUT2D eigenvalue weighted by atomic mass is 10.0. The average Bonchev–Trinajstić information content (AvgIpc) is 2.97. The Labute approximate surface area is 132 Å². The molecule has 0 saturated heterocycles. The standard InChI is InChI=1S/C17H14N2O4/c1-3-13-5-4-12(9-16(13)19(21)22)8-14(10-18)17(20)15-6-7-23-11(15)2/h4-9H,3H2,1-2H3/b14-8+. The lowest BCUT2D eigenvalue weighted by Crippen LogP contribution is -2.02. The fourth-order valence-electron chi connectivity index (χ4n) is 2.22. The highest BCUT2D eigenvalue weighted by molar-refractivity contribution is 6.14. The summed E-state index contributed by atoms with van der Waals surface area (Å²) in [4.78, 5) is 22.9. The number of hydrogen-bond donors (Lipinski definition) is 0. The van der Waals surface area contributed by atoms with Crippen LogP contribution in [0.15, 0.2) is 40.5 Å². The minimum absolute atomic E-state index is 0.0227. The van der Waals surface area contributed by atoms with Gasteiger partial charge in [-0.3, -0.25) is 14.9 Å². The van der Waals surface area contributed by atoms with Crippen molar-refractivity contribution < 1.29 is 14.1 Å². The number of nitrogens with zero attached hydrogens (tertiary/aromatic N) is 2. The zero-order chi connectivity index (χ0) is 17.0. The molecule has 0 radical (unpaired) electrons. The summed E-state index contributed by atoms with van der Waals surface area (Å²) in [5, 5.41) is 20.3. The van der Waals surface area contributed by atoms with E-state index in [1.54, 1.807) is 19.1 Å². The zero-order valence-corrected chi connectivity index (χ0v) is 12.7. The van der Waals surface area contributed by atoms with Crippen molar-refractivity contribution in [2.45, 2.75) is 20.3 Å². The smallest absolute Gasteiger partial charge is 0.273 e. The number of Topliss-reactive ketones (excluding diaryl/α,β-unsaturated/α-hetero) is 1. The van der Waals surface area contributed by atoms with E-state index < -0.39 is 10.7 Å². The molecule has 2 rings (SSSR count). The van der Waals surface area contributed by atoms with Crippen molar-refractivity contribution in [1.82, 2.24) is 0 Å². The first-order chi connectivity index (χ1) is 11.0. The van der Waals surface area contributed by atoms with E-state index in [9.17, 15) is 20.2 Å². The molecule has 0 N–H and O–H groups in total. The van der Waals surface area contributed by atoms with Gasteiger partial charge in [-0.05, 0) is 31.1 Å². The summed E-state index contributed by atoms with van der Waals surface area (Å²) >= 11 is 0. The maximum Gasteiger partial charge on any atom is 0.273 e. The zero-order valence-electron chi connectivity index (χ0n) is 12.7. The number of nitro groups is 1. The molecule has 0 aliphatic rings. The van der Waals surface area contributed by atoms with E-state index in [0.29, 0.717) is 28.9 Å². The van der Waals surface area contributed by atoms with Crippen LogP contribution in [0.4, 0.5) is 5.69 Å². The largest absolute Gasteiger partial charge is 0.469 e. The summed E-state index contributed by atoms with van der Waals surface area (Å²) in [6, 6.07) is 7.98. The fourth-order valence-corrected chi connectivity index (χ4v) is 2.22. The van der Waals surface area contributed by atoms with Crippen molar-refractivity contribution in [2.24, 2.45) is 0 Å². The Morgan fingerprint density at radius 3 is 2.70 bits per heavy atom. The number of carbonyl (C=O) groups excluding carboxylic acids is 1. The third-order valence-electron chi connectivity index (χ3n) is 3.47. The number of allylic oxidation sites excluding steroid dienone is 1. The molecule has 0 aliphatic heterocycles. The van der Waals surface area contributed by atoms with Gasteiger partial charge in [0.25, 0.3) is 5.69 Å². The van der Waals surface area contributed by atoms with Crippen LogP contribution in [-0.4, -0.2) is 10.7 Å². The second-order valence-corrected chi connectivity index (χ2v) is 4.89. The molecule has 0 saturated carbocycles. The van der Waals surface area contributed by atoms with Gasteiger partial charge < -0.3 is 4.42 Å². The Hall–Kier alpha value is -3.20. The molecule has 0 atom stereocenters. The molecule has 6 nitrogen and oxygen atoms in total. The quantitative estimate of drug-likeness (QED) is 0.275. The van der Waals surface area contributed by atoms with Crippen molar-refractivity contribution in [3.8, 4) is 6.07 Å². The molecule has 1 heterocycles. The number of ketones is 1. The monoisotopic (exact) mass is 310 g/mol. The second-order valence-electron chi connectivity index (χ2n) is 4.89. The SMILES string of the molecule is CCc1ccc(/C=C(\C#N)C(=O)c2ccoc2C)cc1[N+](=O)[O-]. The molecule has 0 aliphatic carbocycles. The van der Waals surface area contributed by atoms with Crippen LogP contribution in [0.2, 0.25) is 0 Å². The highest BCUT2D eigenvalue weighted by Gasteiger charge is 2.18. The van der Waals surface area contributed by atoms with E-state index in [1.807, 2.05) is 13.0 Å². The molecule has 0 amide bonds. The summed E-state index contributed by atoms with van der Waals surface area (Å²) in [6.45, 7) is 3.45. The van der Waals surface area contributed by atoms with Gasteiger partial charge in [0.15, 0.2) is 0 Å². The summed E-state index contributed by atoms with van der Waals surface area (Å²) in [5.41, 5.74) is 1.21. The molecule has 0 fully saturated rings. The number of nitro benzene ring substituents is 1. The summed E-state index contributed by atoms with van der Waals surface area (Å²) in [7, 11) is 0. The Bertz CT molecular complexity index is 841. The topological polar surface area (TPSA) is 97.1 Å². The first-order valence-corrected chi connectivity index (χ1v) is 6.95. The van der Waals surface area contributed by atoms with Crippen molar-refractivity contribution in [2.75, 3.05) is 0 Å². The minimum Gasteiger partial charge on any atom is -0.469 e. The van der Waals surface area contributed by atoms with Crippen LogP contribution < -0.4 is 0 Å². The lowest BCUT2D eigenvalue weighted by molar-refractivity contribution is -0.385. The molecule has 2 aromatic rings. The molecule has 0 unspecified atom stereocenters. The van der Waals surface area contributed by atoms with Gasteiger partial charge >= 0.3 is 0 Å². The van der Waals surface area contributed by atoms with Gasteiger partial charge in [-0.2, -0.15) is 5.26 Å². The molecule has 116 valence electrons. The molecule has 23 heavy (non-hydrogen) atoms. The number of benzene rings is 1. The van der Waals surface area contributed by atoms with Crippen LogP contribution in [-0.2, 0) is 6.42 Å². The van der Waals surface area contributed by atoms with E-state index in [2.05, 4.69) is 0 Å². The van der Waals surface area contributed by atoms with Gasteiger partial charge in [0, 0.05) is 11.6 Å². The van der Waals surface area contributed by atoms with Gasteiger partial charge in [0.1, 0.15) is 17.4 Å². The Kier molecular flexibility index (Phi) is 4.72. The third kappa shape index (κ3) is 3.35. The molecular formula is C17H14N2O4. The molecular weight excluding hydrogens is 296 g/mol. The fraction of sp³-hybridized carbons (Fsp3) is 0.176. The van der Waals surface area contributed by atoms with Gasteiger partial charge in [0.05, 0.1) is 16.7 Å². The minimum atomic E-state index is -0.471. The maximum absolute atomic E-state index is 12.3. The van der Waals surface area contributed by atoms with Crippen molar-refractivity contribution in [3.63, 3.8) is 0 Å². The normalized spacial score (nSPS) is 11.1. The predicted octanol–water partition coefficient (Wildman–Crippen LogP) is 3.85. The van der Waals surface area contributed by atoms with Crippen molar-refractivity contribution in [1.29, 1.82) is 5.26 Å². The Balaban J connectivity index is 2.45. The lowest BCUT2D eigenvalue weighted by Gasteiger charge is -2.02. The number of furan rings is 1. The summed E-state index contributed by atoms with van der Waals surface area (Å²) in [5.74, 6) is -0.0515. The van der Waals surface area contributed by atoms with E-state index in [4.69, 9.17) is 4.42 Å². The van der Waals surface area contributed by atoms with Gasteiger partial charge in [0.2, 0.25) is 5.78 Å². The van der Waals surface area contributed by atoms with Crippen LogP contribution in [0.3, 0.4) is 0 Å². The van der Waals surface area contributed by atoms with Gasteiger partial charge in [-0.1, -0.05) is 19.1 Å². The summed E-state index contributed by atoms with van der Waals surface area (Å²) in [6.07, 6.45) is 3.25. The Morgan fingerprint density at radius 2 is 2.17 bits per heavy atom. The van der Waals surface area contributed by atoms with E-state index >= 15 is 0 Å².